The highest BCUT2D eigenvalue weighted by Gasteiger charge is 2.10. The Morgan fingerprint density at radius 1 is 1.04 bits per heavy atom. The molecule has 2 rings (SSSR count). The number of ether oxygens (including phenoxy) is 3. The van der Waals surface area contributed by atoms with Gasteiger partial charge in [-0.2, -0.15) is 0 Å². The van der Waals surface area contributed by atoms with Gasteiger partial charge < -0.3 is 19.5 Å². The van der Waals surface area contributed by atoms with Gasteiger partial charge in [0.2, 0.25) is 5.91 Å². The van der Waals surface area contributed by atoms with Gasteiger partial charge in [-0.3, -0.25) is 4.79 Å². The largest absolute Gasteiger partial charge is 0.497 e. The molecule has 1 amide bonds. The van der Waals surface area contributed by atoms with Crippen LogP contribution in [-0.2, 0) is 4.79 Å². The fourth-order valence-corrected chi connectivity index (χ4v) is 2.75. The number of methoxy groups -OCH3 is 3. The van der Waals surface area contributed by atoms with Crippen LogP contribution in [0.4, 0.5) is 5.69 Å². The Labute approximate surface area is 156 Å². The quantitative estimate of drug-likeness (QED) is 0.738. The lowest BCUT2D eigenvalue weighted by molar-refractivity contribution is -0.111. The van der Waals surface area contributed by atoms with Crippen molar-refractivity contribution in [3.63, 3.8) is 0 Å². The molecule has 2 aromatic rings. The molecule has 0 heterocycles. The third-order valence-electron chi connectivity index (χ3n) is 3.32. The van der Waals surface area contributed by atoms with Gasteiger partial charge in [0, 0.05) is 22.7 Å². The van der Waals surface area contributed by atoms with Crippen LogP contribution < -0.4 is 19.5 Å². The number of carbonyl (C=O) groups is 1. The first-order valence-electron chi connectivity index (χ1n) is 7.22. The molecule has 0 radical (unpaired) electrons. The highest BCUT2D eigenvalue weighted by Crippen LogP contribution is 2.33. The molecule has 2 aromatic carbocycles. The Morgan fingerprint density at radius 3 is 2.44 bits per heavy atom. The Morgan fingerprint density at radius 2 is 1.80 bits per heavy atom. The van der Waals surface area contributed by atoms with Crippen LogP contribution in [0.15, 0.2) is 36.4 Å². The molecule has 0 unspecified atom stereocenters. The lowest BCUT2D eigenvalue weighted by Gasteiger charge is -2.10. The van der Waals surface area contributed by atoms with Crippen LogP contribution in [0.5, 0.6) is 17.2 Å². The summed E-state index contributed by atoms with van der Waals surface area (Å²) in [4.78, 5) is 12.2. The summed E-state index contributed by atoms with van der Waals surface area (Å²) in [6.07, 6.45) is 2.93. The minimum atomic E-state index is -0.346. The van der Waals surface area contributed by atoms with E-state index in [0.717, 1.165) is 0 Å². The Kier molecular flexibility index (Phi) is 6.56. The highest BCUT2D eigenvalue weighted by atomic mass is 35.5. The van der Waals surface area contributed by atoms with Crippen LogP contribution in [0.25, 0.3) is 6.08 Å². The molecule has 0 aliphatic carbocycles. The first-order valence-corrected chi connectivity index (χ1v) is 7.98. The number of hydrogen-bond donors (Lipinski definition) is 1. The predicted octanol–water partition coefficient (Wildman–Crippen LogP) is 4.67. The standard InChI is InChI=1S/C18H17Cl2NO4/c1-23-13-5-6-15(16(10-13)24-2)21-17(22)7-4-11-8-12(19)9-14(20)18(11)25-3/h4-10H,1-3H3,(H,21,22)/b7-4+. The van der Waals surface area contributed by atoms with E-state index in [0.29, 0.717) is 38.5 Å². The summed E-state index contributed by atoms with van der Waals surface area (Å²) in [5, 5.41) is 3.55. The third-order valence-corrected chi connectivity index (χ3v) is 3.82. The fourth-order valence-electron chi connectivity index (χ4n) is 2.16. The molecule has 25 heavy (non-hydrogen) atoms. The van der Waals surface area contributed by atoms with Gasteiger partial charge in [-0.15, -0.1) is 0 Å². The van der Waals surface area contributed by atoms with Crippen molar-refractivity contribution in [3.05, 3.63) is 52.0 Å². The number of rotatable bonds is 6. The van der Waals surface area contributed by atoms with E-state index in [-0.39, 0.29) is 5.91 Å². The lowest BCUT2D eigenvalue weighted by atomic mass is 10.2. The minimum Gasteiger partial charge on any atom is -0.497 e. The summed E-state index contributed by atoms with van der Waals surface area (Å²) in [6, 6.07) is 8.33. The number of carbonyl (C=O) groups excluding carboxylic acids is 1. The molecule has 0 spiro atoms. The van der Waals surface area contributed by atoms with Crippen molar-refractivity contribution < 1.29 is 19.0 Å². The van der Waals surface area contributed by atoms with Crippen LogP contribution in [0.3, 0.4) is 0 Å². The summed E-state index contributed by atoms with van der Waals surface area (Å²) in [5.41, 5.74) is 1.12. The maximum atomic E-state index is 12.2. The van der Waals surface area contributed by atoms with E-state index in [2.05, 4.69) is 5.32 Å². The van der Waals surface area contributed by atoms with E-state index in [9.17, 15) is 4.79 Å². The van der Waals surface area contributed by atoms with E-state index >= 15 is 0 Å². The van der Waals surface area contributed by atoms with Gasteiger partial charge in [-0.05, 0) is 30.3 Å². The van der Waals surface area contributed by atoms with Crippen molar-refractivity contribution in [1.29, 1.82) is 0 Å². The van der Waals surface area contributed by atoms with Crippen LogP contribution >= 0.6 is 23.2 Å². The molecule has 0 aromatic heterocycles. The number of hydrogen-bond acceptors (Lipinski definition) is 4. The van der Waals surface area contributed by atoms with Crippen LogP contribution in [0.1, 0.15) is 5.56 Å². The molecule has 1 N–H and O–H groups in total. The number of nitrogens with one attached hydrogen (secondary N) is 1. The molecule has 0 saturated heterocycles. The average molecular weight is 382 g/mol. The number of halogens is 2. The van der Waals surface area contributed by atoms with Crippen LogP contribution in [0.2, 0.25) is 10.0 Å². The second-order valence-electron chi connectivity index (χ2n) is 4.90. The summed E-state index contributed by atoms with van der Waals surface area (Å²) in [7, 11) is 4.56. The molecular formula is C18H17Cl2NO4. The van der Waals surface area contributed by atoms with Crippen molar-refractivity contribution in [2.75, 3.05) is 26.6 Å². The molecular weight excluding hydrogens is 365 g/mol. The van der Waals surface area contributed by atoms with Gasteiger partial charge >= 0.3 is 0 Å². The van der Waals surface area contributed by atoms with E-state index in [1.807, 2.05) is 0 Å². The molecule has 5 nitrogen and oxygen atoms in total. The van der Waals surface area contributed by atoms with Crippen molar-refractivity contribution in [1.82, 2.24) is 0 Å². The van der Waals surface area contributed by atoms with Gasteiger partial charge in [-0.25, -0.2) is 0 Å². The molecule has 0 saturated carbocycles. The monoisotopic (exact) mass is 381 g/mol. The van der Waals surface area contributed by atoms with Crippen LogP contribution in [0, 0.1) is 0 Å². The SMILES string of the molecule is COc1ccc(NC(=O)/C=C/c2cc(Cl)cc(Cl)c2OC)c(OC)c1. The number of anilines is 1. The van der Waals surface area contributed by atoms with Gasteiger partial charge in [0.15, 0.2) is 0 Å². The first-order chi connectivity index (χ1) is 12.0. The van der Waals surface area contributed by atoms with Gasteiger partial charge in [0.05, 0.1) is 32.0 Å². The number of benzene rings is 2. The third kappa shape index (κ3) is 4.81. The van der Waals surface area contributed by atoms with Gasteiger partial charge in [0.1, 0.15) is 17.2 Å². The zero-order valence-corrected chi connectivity index (χ0v) is 15.4. The molecule has 132 valence electrons. The Hall–Kier alpha value is -2.37. The average Bonchev–Trinajstić information content (AvgIpc) is 2.59. The van der Waals surface area contributed by atoms with Crippen molar-refractivity contribution in [3.8, 4) is 17.2 Å². The van der Waals surface area contributed by atoms with E-state index in [1.165, 1.54) is 20.3 Å². The molecule has 0 fully saturated rings. The normalized spacial score (nSPS) is 10.6. The fraction of sp³-hybridized carbons (Fsp3) is 0.167. The van der Waals surface area contributed by atoms with E-state index in [4.69, 9.17) is 37.4 Å². The molecule has 0 aliphatic heterocycles. The molecule has 0 atom stereocenters. The second kappa shape index (κ2) is 8.65. The van der Waals surface area contributed by atoms with E-state index < -0.39 is 0 Å². The summed E-state index contributed by atoms with van der Waals surface area (Å²) in [5.74, 6) is 1.21. The van der Waals surface area contributed by atoms with Gasteiger partial charge in [0.25, 0.3) is 0 Å². The summed E-state index contributed by atoms with van der Waals surface area (Å²) < 4.78 is 15.6. The topological polar surface area (TPSA) is 56.8 Å². The Balaban J connectivity index is 2.20. The lowest BCUT2D eigenvalue weighted by Crippen LogP contribution is -2.09. The van der Waals surface area contributed by atoms with Crippen molar-refractivity contribution in [2.24, 2.45) is 0 Å². The van der Waals surface area contributed by atoms with Gasteiger partial charge in [-0.1, -0.05) is 23.2 Å². The molecule has 0 aliphatic rings. The maximum Gasteiger partial charge on any atom is 0.248 e. The van der Waals surface area contributed by atoms with Crippen LogP contribution in [-0.4, -0.2) is 27.2 Å². The first kappa shape index (κ1) is 19.0. The summed E-state index contributed by atoms with van der Waals surface area (Å²) >= 11 is 12.1. The zero-order valence-electron chi connectivity index (χ0n) is 13.9. The predicted molar refractivity (Wildman–Crippen MR) is 100 cm³/mol. The molecule has 0 bridgehead atoms. The van der Waals surface area contributed by atoms with E-state index in [1.54, 1.807) is 43.5 Å². The number of amides is 1. The highest BCUT2D eigenvalue weighted by molar-refractivity contribution is 6.36. The van der Waals surface area contributed by atoms with Crippen molar-refractivity contribution in [2.45, 2.75) is 0 Å². The van der Waals surface area contributed by atoms with Crippen molar-refractivity contribution >= 4 is 40.9 Å². The second-order valence-corrected chi connectivity index (χ2v) is 5.74. The zero-order chi connectivity index (χ0) is 18.4. The smallest absolute Gasteiger partial charge is 0.248 e. The molecule has 7 heteroatoms. The summed E-state index contributed by atoms with van der Waals surface area (Å²) in [6.45, 7) is 0. The minimum absolute atomic E-state index is 0.346. The maximum absolute atomic E-state index is 12.2. The Bertz CT molecular complexity index is 806.